The van der Waals surface area contributed by atoms with Gasteiger partial charge in [0.15, 0.2) is 0 Å². The first-order valence-electron chi connectivity index (χ1n) is 4.14. The molecule has 0 heterocycles. The zero-order valence-electron chi connectivity index (χ0n) is 8.52. The molecule has 1 N–H and O–H groups in total. The van der Waals surface area contributed by atoms with E-state index in [1.165, 1.54) is 0 Å². The molecule has 0 aliphatic carbocycles. The summed E-state index contributed by atoms with van der Waals surface area (Å²) in [5.74, 6) is 0.532. The molecule has 2 heteroatoms. The van der Waals surface area contributed by atoms with Gasteiger partial charge in [-0.05, 0) is 33.6 Å². The van der Waals surface area contributed by atoms with Crippen molar-refractivity contribution in [3.63, 3.8) is 0 Å². The Kier molecular flexibility index (Phi) is 3.56. The van der Waals surface area contributed by atoms with E-state index in [2.05, 4.69) is 45.1 Å². The topological polar surface area (TPSA) is 24.4 Å². The van der Waals surface area contributed by atoms with Crippen molar-refractivity contribution in [3.05, 3.63) is 0 Å². The van der Waals surface area contributed by atoms with Crippen molar-refractivity contribution in [1.29, 1.82) is 0 Å². The lowest BCUT2D eigenvalue weighted by atomic mass is 10.1. The van der Waals surface area contributed by atoms with Crippen molar-refractivity contribution in [2.75, 3.05) is 0 Å². The summed E-state index contributed by atoms with van der Waals surface area (Å²) in [6, 6.07) is 0. The third-order valence-electron chi connectivity index (χ3n) is 1.40. The molecule has 0 amide bonds. The Morgan fingerprint density at radius 1 is 1.27 bits per heavy atom. The molecule has 0 aromatic rings. The number of nitrogens with zero attached hydrogens (tertiary/aromatic N) is 1. The summed E-state index contributed by atoms with van der Waals surface area (Å²) in [5.41, 5.74) is 4.32. The summed E-state index contributed by atoms with van der Waals surface area (Å²) in [6.45, 7) is 12.6. The van der Waals surface area contributed by atoms with Crippen LogP contribution in [0.15, 0.2) is 5.10 Å². The summed E-state index contributed by atoms with van der Waals surface area (Å²) in [7, 11) is 0. The molecular formula is C9H20N2. The maximum Gasteiger partial charge on any atom is 0.0464 e. The standard InChI is InChI=1S/C9H20N2/c1-7(2)8(3)10-11-9(4,5)6/h7,11H,1-6H3/b10-8+. The van der Waals surface area contributed by atoms with Gasteiger partial charge in [0.05, 0.1) is 0 Å². The Hall–Kier alpha value is -0.530. The van der Waals surface area contributed by atoms with E-state index >= 15 is 0 Å². The SMILES string of the molecule is C/C(=N\NC(C)(C)C)C(C)C. The molecule has 0 saturated heterocycles. The second kappa shape index (κ2) is 3.74. The first-order chi connectivity index (χ1) is 4.83. The van der Waals surface area contributed by atoms with Gasteiger partial charge in [-0.25, -0.2) is 0 Å². The van der Waals surface area contributed by atoms with E-state index in [0.29, 0.717) is 5.92 Å². The van der Waals surface area contributed by atoms with Crippen molar-refractivity contribution < 1.29 is 0 Å². The lowest BCUT2D eigenvalue weighted by molar-refractivity contribution is 0.439. The zero-order chi connectivity index (χ0) is 9.07. The van der Waals surface area contributed by atoms with Crippen LogP contribution in [-0.2, 0) is 0 Å². The highest BCUT2D eigenvalue weighted by Crippen LogP contribution is 2.00. The van der Waals surface area contributed by atoms with Gasteiger partial charge in [-0.15, -0.1) is 0 Å². The highest BCUT2D eigenvalue weighted by atomic mass is 15.3. The van der Waals surface area contributed by atoms with Gasteiger partial charge >= 0.3 is 0 Å². The fraction of sp³-hybridized carbons (Fsp3) is 0.889. The van der Waals surface area contributed by atoms with Crippen LogP contribution >= 0.6 is 0 Å². The molecule has 0 aromatic heterocycles. The van der Waals surface area contributed by atoms with Crippen LogP contribution in [0, 0.1) is 5.92 Å². The Morgan fingerprint density at radius 3 is 2.00 bits per heavy atom. The van der Waals surface area contributed by atoms with Gasteiger partial charge < -0.3 is 5.43 Å². The molecule has 0 atom stereocenters. The number of hydrogen-bond donors (Lipinski definition) is 1. The Bertz CT molecular complexity index is 140. The quantitative estimate of drug-likeness (QED) is 0.482. The molecule has 0 aliphatic heterocycles. The molecule has 0 fully saturated rings. The summed E-state index contributed by atoms with van der Waals surface area (Å²) < 4.78 is 0. The largest absolute Gasteiger partial charge is 0.305 e. The van der Waals surface area contributed by atoms with Crippen LogP contribution in [0.1, 0.15) is 41.5 Å². The molecule has 0 rings (SSSR count). The molecule has 0 aliphatic rings. The highest BCUT2D eigenvalue weighted by Gasteiger charge is 2.07. The van der Waals surface area contributed by atoms with E-state index in [1.807, 2.05) is 6.92 Å². The van der Waals surface area contributed by atoms with Crippen LogP contribution < -0.4 is 5.43 Å². The first kappa shape index (κ1) is 10.5. The highest BCUT2D eigenvalue weighted by molar-refractivity contribution is 5.83. The van der Waals surface area contributed by atoms with E-state index in [9.17, 15) is 0 Å². The van der Waals surface area contributed by atoms with Gasteiger partial charge in [-0.3, -0.25) is 0 Å². The van der Waals surface area contributed by atoms with Gasteiger partial charge in [-0.2, -0.15) is 5.10 Å². The molecule has 0 aromatic carbocycles. The molecule has 11 heavy (non-hydrogen) atoms. The number of hydrogen-bond acceptors (Lipinski definition) is 2. The average molecular weight is 156 g/mol. The van der Waals surface area contributed by atoms with Crippen LogP contribution in [0.4, 0.5) is 0 Å². The van der Waals surface area contributed by atoms with Gasteiger partial charge in [0.25, 0.3) is 0 Å². The van der Waals surface area contributed by atoms with Crippen molar-refractivity contribution in [2.45, 2.75) is 47.1 Å². The number of rotatable bonds is 2. The van der Waals surface area contributed by atoms with Crippen LogP contribution in [-0.4, -0.2) is 11.3 Å². The van der Waals surface area contributed by atoms with Crippen LogP contribution in [0.3, 0.4) is 0 Å². The van der Waals surface area contributed by atoms with Crippen molar-refractivity contribution in [1.82, 2.24) is 5.43 Å². The summed E-state index contributed by atoms with van der Waals surface area (Å²) in [6.07, 6.45) is 0. The smallest absolute Gasteiger partial charge is 0.0464 e. The third kappa shape index (κ3) is 5.89. The molecule has 0 bridgehead atoms. The molecule has 66 valence electrons. The van der Waals surface area contributed by atoms with E-state index < -0.39 is 0 Å². The number of hydrazone groups is 1. The third-order valence-corrected chi connectivity index (χ3v) is 1.40. The minimum absolute atomic E-state index is 0.0795. The minimum atomic E-state index is 0.0795. The van der Waals surface area contributed by atoms with Crippen molar-refractivity contribution in [2.24, 2.45) is 11.0 Å². The predicted molar refractivity (Wildman–Crippen MR) is 50.8 cm³/mol. The Balaban J connectivity index is 3.93. The summed E-state index contributed by atoms with van der Waals surface area (Å²) in [5, 5.41) is 4.26. The second-order valence-electron chi connectivity index (χ2n) is 4.27. The second-order valence-corrected chi connectivity index (χ2v) is 4.27. The predicted octanol–water partition coefficient (Wildman–Crippen LogP) is 2.41. The van der Waals surface area contributed by atoms with Crippen molar-refractivity contribution >= 4 is 5.71 Å². The van der Waals surface area contributed by atoms with E-state index in [1.54, 1.807) is 0 Å². The van der Waals surface area contributed by atoms with Crippen LogP contribution in [0.5, 0.6) is 0 Å². The van der Waals surface area contributed by atoms with Crippen LogP contribution in [0.25, 0.3) is 0 Å². The van der Waals surface area contributed by atoms with Crippen molar-refractivity contribution in [3.8, 4) is 0 Å². The fourth-order valence-electron chi connectivity index (χ4n) is 0.385. The lowest BCUT2D eigenvalue weighted by Gasteiger charge is -2.18. The van der Waals surface area contributed by atoms with E-state index in [-0.39, 0.29) is 5.54 Å². The van der Waals surface area contributed by atoms with Gasteiger partial charge in [0.1, 0.15) is 0 Å². The average Bonchev–Trinajstić information content (AvgIpc) is 1.80. The molecule has 0 unspecified atom stereocenters. The summed E-state index contributed by atoms with van der Waals surface area (Å²) in [4.78, 5) is 0. The molecule has 2 nitrogen and oxygen atoms in total. The van der Waals surface area contributed by atoms with Gasteiger partial charge in [-0.1, -0.05) is 13.8 Å². The summed E-state index contributed by atoms with van der Waals surface area (Å²) >= 11 is 0. The molecular weight excluding hydrogens is 136 g/mol. The van der Waals surface area contributed by atoms with Crippen LogP contribution in [0.2, 0.25) is 0 Å². The Morgan fingerprint density at radius 2 is 1.73 bits per heavy atom. The zero-order valence-corrected chi connectivity index (χ0v) is 8.52. The van der Waals surface area contributed by atoms with E-state index in [4.69, 9.17) is 0 Å². The fourth-order valence-corrected chi connectivity index (χ4v) is 0.385. The van der Waals surface area contributed by atoms with Gasteiger partial charge in [0, 0.05) is 11.3 Å². The maximum absolute atomic E-state index is 4.26. The molecule has 0 spiro atoms. The normalized spacial score (nSPS) is 13.9. The molecule has 0 radical (unpaired) electrons. The van der Waals surface area contributed by atoms with Gasteiger partial charge in [0.2, 0.25) is 0 Å². The monoisotopic (exact) mass is 156 g/mol. The molecule has 0 saturated carbocycles. The Labute approximate surface area is 70.1 Å². The minimum Gasteiger partial charge on any atom is -0.305 e. The number of nitrogens with one attached hydrogen (secondary N) is 1. The van der Waals surface area contributed by atoms with E-state index in [0.717, 1.165) is 5.71 Å². The lowest BCUT2D eigenvalue weighted by Crippen LogP contribution is -2.32. The first-order valence-corrected chi connectivity index (χ1v) is 4.14. The maximum atomic E-state index is 4.26.